The number of carbonyl (C=O) groups is 1. The number of carbonyl (C=O) groups excluding carboxylic acids is 1. The number of amides is 1. The first-order valence-electron chi connectivity index (χ1n) is 8.35. The Balaban J connectivity index is 1.56. The lowest BCUT2D eigenvalue weighted by atomic mass is 10.1. The topological polar surface area (TPSA) is 64.0 Å². The van der Waals surface area contributed by atoms with Crippen LogP contribution in [0.4, 0.5) is 4.39 Å². The molecule has 1 heterocycles. The van der Waals surface area contributed by atoms with E-state index >= 15 is 0 Å². The van der Waals surface area contributed by atoms with Crippen LogP contribution in [0.25, 0.3) is 11.3 Å². The smallest absolute Gasteiger partial charge is 0.254 e. The summed E-state index contributed by atoms with van der Waals surface area (Å²) in [6.45, 7) is 0.283. The summed E-state index contributed by atoms with van der Waals surface area (Å²) in [5, 5.41) is 3.34. The van der Waals surface area contributed by atoms with E-state index < -0.39 is 0 Å². The first-order valence-corrected chi connectivity index (χ1v) is 8.72. The van der Waals surface area contributed by atoms with E-state index in [0.29, 0.717) is 23.7 Å². The van der Waals surface area contributed by atoms with Crippen LogP contribution < -0.4 is 10.9 Å². The number of hydrogen-bond donors (Lipinski definition) is 1. The van der Waals surface area contributed by atoms with Crippen molar-refractivity contribution in [2.45, 2.75) is 13.0 Å². The monoisotopic (exact) mass is 385 g/mol. The Hall–Kier alpha value is -2.99. The maximum Gasteiger partial charge on any atom is 0.254 e. The number of halogens is 2. The minimum atomic E-state index is -0.316. The minimum absolute atomic E-state index is 0.115. The second kappa shape index (κ2) is 8.60. The van der Waals surface area contributed by atoms with E-state index in [1.54, 1.807) is 36.4 Å². The molecule has 0 radical (unpaired) electrons. The average molecular weight is 386 g/mol. The lowest BCUT2D eigenvalue weighted by Crippen LogP contribution is -2.33. The van der Waals surface area contributed by atoms with E-state index in [9.17, 15) is 14.0 Å². The molecule has 3 rings (SSSR count). The van der Waals surface area contributed by atoms with Crippen LogP contribution in [0.3, 0.4) is 0 Å². The molecule has 0 saturated heterocycles. The molecule has 0 aliphatic rings. The molecule has 0 aliphatic carbocycles. The Morgan fingerprint density at radius 3 is 2.48 bits per heavy atom. The summed E-state index contributed by atoms with van der Waals surface area (Å²) >= 11 is 5.85. The molecule has 0 aliphatic heterocycles. The van der Waals surface area contributed by atoms with Crippen molar-refractivity contribution in [3.63, 3.8) is 0 Å². The van der Waals surface area contributed by atoms with Crippen molar-refractivity contribution in [2.24, 2.45) is 0 Å². The Labute approximate surface area is 160 Å². The van der Waals surface area contributed by atoms with E-state index in [2.05, 4.69) is 10.3 Å². The number of nitrogens with one attached hydrogen (secondary N) is 1. The van der Waals surface area contributed by atoms with Gasteiger partial charge in [0.05, 0.1) is 12.0 Å². The van der Waals surface area contributed by atoms with Crippen molar-refractivity contribution < 1.29 is 9.18 Å². The van der Waals surface area contributed by atoms with Gasteiger partial charge >= 0.3 is 0 Å². The fourth-order valence-electron chi connectivity index (χ4n) is 2.53. The number of aromatic nitrogens is 2. The zero-order valence-electron chi connectivity index (χ0n) is 14.4. The molecule has 138 valence electrons. The first-order chi connectivity index (χ1) is 13.0. The molecule has 5 nitrogen and oxygen atoms in total. The Kier molecular flexibility index (Phi) is 5.98. The summed E-state index contributed by atoms with van der Waals surface area (Å²) in [5.41, 5.74) is 1.89. The van der Waals surface area contributed by atoms with Crippen molar-refractivity contribution in [1.29, 1.82) is 0 Å². The standard InChI is InChI=1S/C20H17ClFN3O2/c21-16-5-3-15(4-6-16)18-11-20(27)25(13-24-18)12-19(26)23-10-9-14-1-7-17(22)8-2-14/h1-8,11,13H,9-10,12H2,(H,23,26). The summed E-state index contributed by atoms with van der Waals surface area (Å²) in [6.07, 6.45) is 1.93. The molecule has 3 aromatic rings. The second-order valence-corrected chi connectivity index (χ2v) is 6.41. The van der Waals surface area contributed by atoms with Crippen LogP contribution in [0.1, 0.15) is 5.56 Å². The maximum atomic E-state index is 12.9. The Bertz CT molecular complexity index is 985. The highest BCUT2D eigenvalue weighted by Gasteiger charge is 2.07. The van der Waals surface area contributed by atoms with Crippen molar-refractivity contribution in [3.05, 3.63) is 87.7 Å². The third kappa shape index (κ3) is 5.24. The highest BCUT2D eigenvalue weighted by atomic mass is 35.5. The van der Waals surface area contributed by atoms with Crippen LogP contribution in [0, 0.1) is 5.82 Å². The highest BCUT2D eigenvalue weighted by Crippen LogP contribution is 2.17. The molecule has 1 amide bonds. The van der Waals surface area contributed by atoms with Crippen molar-refractivity contribution >= 4 is 17.5 Å². The van der Waals surface area contributed by atoms with E-state index in [1.165, 1.54) is 29.1 Å². The summed E-state index contributed by atoms with van der Waals surface area (Å²) in [5.74, 6) is -0.586. The zero-order valence-corrected chi connectivity index (χ0v) is 15.1. The molecule has 0 saturated carbocycles. The second-order valence-electron chi connectivity index (χ2n) is 5.97. The van der Waals surface area contributed by atoms with E-state index in [1.807, 2.05) is 0 Å². The first kappa shape index (κ1) is 18.8. The van der Waals surface area contributed by atoms with Crippen molar-refractivity contribution in [1.82, 2.24) is 14.9 Å². The van der Waals surface area contributed by atoms with E-state index in [0.717, 1.165) is 11.1 Å². The average Bonchev–Trinajstić information content (AvgIpc) is 2.66. The zero-order chi connectivity index (χ0) is 19.2. The van der Waals surface area contributed by atoms with Gasteiger partial charge in [-0.15, -0.1) is 0 Å². The van der Waals surface area contributed by atoms with Gasteiger partial charge in [0, 0.05) is 23.2 Å². The van der Waals surface area contributed by atoms with Crippen LogP contribution in [-0.4, -0.2) is 22.0 Å². The van der Waals surface area contributed by atoms with Gasteiger partial charge in [-0.2, -0.15) is 0 Å². The van der Waals surface area contributed by atoms with Crippen LogP contribution in [0.15, 0.2) is 65.7 Å². The number of benzene rings is 2. The van der Waals surface area contributed by atoms with Gasteiger partial charge in [-0.05, 0) is 36.2 Å². The maximum absolute atomic E-state index is 12.9. The molecule has 0 bridgehead atoms. The molecule has 7 heteroatoms. The van der Waals surface area contributed by atoms with Crippen molar-refractivity contribution in [3.8, 4) is 11.3 Å². The number of hydrogen-bond acceptors (Lipinski definition) is 3. The van der Waals surface area contributed by atoms with E-state index in [4.69, 9.17) is 11.6 Å². The molecule has 0 fully saturated rings. The van der Waals surface area contributed by atoms with Gasteiger partial charge in [0.25, 0.3) is 5.56 Å². The molecule has 1 aromatic heterocycles. The predicted molar refractivity (Wildman–Crippen MR) is 102 cm³/mol. The van der Waals surface area contributed by atoms with Gasteiger partial charge in [-0.3, -0.25) is 14.2 Å². The molecule has 0 unspecified atom stereocenters. The van der Waals surface area contributed by atoms with Gasteiger partial charge in [-0.1, -0.05) is 35.9 Å². The summed E-state index contributed by atoms with van der Waals surface area (Å²) in [7, 11) is 0. The lowest BCUT2D eigenvalue weighted by Gasteiger charge is -2.08. The summed E-state index contributed by atoms with van der Waals surface area (Å²) < 4.78 is 14.1. The summed E-state index contributed by atoms with van der Waals surface area (Å²) in [4.78, 5) is 28.5. The van der Waals surface area contributed by atoms with Gasteiger partial charge in [0.2, 0.25) is 5.91 Å². The highest BCUT2D eigenvalue weighted by molar-refractivity contribution is 6.30. The quantitative estimate of drug-likeness (QED) is 0.709. The minimum Gasteiger partial charge on any atom is -0.354 e. The molecule has 27 heavy (non-hydrogen) atoms. The van der Waals surface area contributed by atoms with Gasteiger partial charge < -0.3 is 5.32 Å². The van der Waals surface area contributed by atoms with Crippen LogP contribution in [0.5, 0.6) is 0 Å². The molecule has 0 atom stereocenters. The van der Waals surface area contributed by atoms with Gasteiger partial charge in [-0.25, -0.2) is 9.37 Å². The molecule has 2 aromatic carbocycles. The number of nitrogens with zero attached hydrogens (tertiary/aromatic N) is 2. The Morgan fingerprint density at radius 1 is 1.11 bits per heavy atom. The lowest BCUT2D eigenvalue weighted by molar-refractivity contribution is -0.121. The van der Waals surface area contributed by atoms with E-state index in [-0.39, 0.29) is 23.8 Å². The van der Waals surface area contributed by atoms with Crippen LogP contribution in [-0.2, 0) is 17.8 Å². The fourth-order valence-corrected chi connectivity index (χ4v) is 2.66. The SMILES string of the molecule is O=C(Cn1cnc(-c2ccc(Cl)cc2)cc1=O)NCCc1ccc(F)cc1. The number of rotatable bonds is 6. The largest absolute Gasteiger partial charge is 0.354 e. The molecular weight excluding hydrogens is 369 g/mol. The van der Waals surface area contributed by atoms with Gasteiger partial charge in [0.15, 0.2) is 0 Å². The molecular formula is C20H17ClFN3O2. The van der Waals surface area contributed by atoms with Gasteiger partial charge in [0.1, 0.15) is 12.4 Å². The summed E-state index contributed by atoms with van der Waals surface area (Å²) in [6, 6.07) is 14.5. The van der Waals surface area contributed by atoms with Crippen LogP contribution in [0.2, 0.25) is 5.02 Å². The molecule has 1 N–H and O–H groups in total. The van der Waals surface area contributed by atoms with Crippen molar-refractivity contribution in [2.75, 3.05) is 6.54 Å². The Morgan fingerprint density at radius 2 is 1.81 bits per heavy atom. The third-order valence-corrected chi connectivity index (χ3v) is 4.23. The predicted octanol–water partition coefficient (Wildman–Crippen LogP) is 3.06. The normalized spacial score (nSPS) is 10.6. The van der Waals surface area contributed by atoms with Crippen LogP contribution >= 0.6 is 11.6 Å². The fraction of sp³-hybridized carbons (Fsp3) is 0.150. The third-order valence-electron chi connectivity index (χ3n) is 3.98. The molecule has 0 spiro atoms.